The zero-order valence-corrected chi connectivity index (χ0v) is 10.2. The van der Waals surface area contributed by atoms with Crippen molar-refractivity contribution in [3.05, 3.63) is 58.8 Å². The Morgan fingerprint density at radius 1 is 1.20 bits per heavy atom. The van der Waals surface area contributed by atoms with Gasteiger partial charge in [0.25, 0.3) is 0 Å². The number of nitriles is 1. The normalized spacial score (nSPS) is 10.2. The quantitative estimate of drug-likeness (QED) is 0.740. The van der Waals surface area contributed by atoms with Crippen LogP contribution in [0.3, 0.4) is 0 Å². The van der Waals surface area contributed by atoms with Crippen LogP contribution in [0.1, 0.15) is 5.69 Å². The molecule has 0 saturated carbocycles. The van der Waals surface area contributed by atoms with E-state index in [0.29, 0.717) is 11.4 Å². The summed E-state index contributed by atoms with van der Waals surface area (Å²) in [6.07, 6.45) is 3.03. The molecule has 3 heterocycles. The Labute approximate surface area is 113 Å². The average Bonchev–Trinajstić information content (AvgIpc) is 2.90. The van der Waals surface area contributed by atoms with E-state index >= 15 is 0 Å². The smallest absolute Gasteiger partial charge is 0.265 e. The van der Waals surface area contributed by atoms with Gasteiger partial charge in [0.05, 0.1) is 0 Å². The van der Waals surface area contributed by atoms with Crippen LogP contribution in [0.15, 0.2) is 47.5 Å². The first kappa shape index (κ1) is 11.8. The number of aromatic nitrogens is 5. The number of hydrogen-bond donors (Lipinski definition) is 1. The van der Waals surface area contributed by atoms with Crippen LogP contribution in [0.4, 0.5) is 0 Å². The summed E-state index contributed by atoms with van der Waals surface area (Å²) in [5.74, 6) is 0.456. The molecule has 96 valence electrons. The Morgan fingerprint density at radius 2 is 2.10 bits per heavy atom. The molecule has 0 aromatic carbocycles. The molecule has 3 aromatic heterocycles. The van der Waals surface area contributed by atoms with Crippen LogP contribution in [0.25, 0.3) is 17.1 Å². The van der Waals surface area contributed by atoms with Crippen LogP contribution >= 0.6 is 0 Å². The van der Waals surface area contributed by atoms with Gasteiger partial charge >= 0.3 is 5.56 Å². The average molecular weight is 264 g/mol. The summed E-state index contributed by atoms with van der Waals surface area (Å²) in [6.45, 7) is 0. The maximum Gasteiger partial charge on any atom is 0.300 e. The Bertz CT molecular complexity index is 826. The molecule has 7 nitrogen and oxygen atoms in total. The molecule has 7 heteroatoms. The Morgan fingerprint density at radius 3 is 2.75 bits per heavy atom. The minimum Gasteiger partial charge on any atom is -0.265 e. The van der Waals surface area contributed by atoms with E-state index < -0.39 is 0 Å². The van der Waals surface area contributed by atoms with Gasteiger partial charge in [0.1, 0.15) is 11.8 Å². The molecule has 0 aliphatic heterocycles. The van der Waals surface area contributed by atoms with Gasteiger partial charge in [-0.25, -0.2) is 15.2 Å². The van der Waals surface area contributed by atoms with Crippen molar-refractivity contribution < 1.29 is 0 Å². The van der Waals surface area contributed by atoms with Crippen LogP contribution < -0.4 is 5.56 Å². The minimum atomic E-state index is -0.324. The van der Waals surface area contributed by atoms with Crippen molar-refractivity contribution in [3.8, 4) is 23.1 Å². The summed E-state index contributed by atoms with van der Waals surface area (Å²) in [4.78, 5) is 20.3. The highest BCUT2D eigenvalue weighted by molar-refractivity contribution is 5.57. The topological polar surface area (TPSA) is 100 Å². The number of hydrogen-bond acceptors (Lipinski definition) is 5. The fraction of sp³-hybridized carbons (Fsp3) is 0. The van der Waals surface area contributed by atoms with Gasteiger partial charge in [-0.15, -0.1) is 0 Å². The third kappa shape index (κ3) is 1.95. The fourth-order valence-electron chi connectivity index (χ4n) is 1.73. The van der Waals surface area contributed by atoms with Crippen LogP contribution in [-0.4, -0.2) is 25.0 Å². The summed E-state index contributed by atoms with van der Waals surface area (Å²) in [5.41, 5.74) is 0.733. The van der Waals surface area contributed by atoms with E-state index in [1.54, 1.807) is 30.5 Å². The highest BCUT2D eigenvalue weighted by Gasteiger charge is 2.12. The van der Waals surface area contributed by atoms with Gasteiger partial charge in [-0.2, -0.15) is 15.0 Å². The van der Waals surface area contributed by atoms with Crippen LogP contribution in [-0.2, 0) is 0 Å². The molecule has 0 spiro atoms. The zero-order chi connectivity index (χ0) is 13.9. The molecule has 0 unspecified atom stereocenters. The molecule has 3 rings (SSSR count). The zero-order valence-electron chi connectivity index (χ0n) is 10.2. The summed E-state index contributed by atoms with van der Waals surface area (Å²) >= 11 is 0. The monoisotopic (exact) mass is 264 g/mol. The number of nitrogens with zero attached hydrogens (tertiary/aromatic N) is 5. The SMILES string of the molecule is N#Cc1ccc(-c2n[nH]n(-c3ccccn3)c2=O)cn1. The lowest BCUT2D eigenvalue weighted by molar-refractivity contribution is 0.764. The number of aromatic amines is 1. The van der Waals surface area contributed by atoms with E-state index in [0.717, 1.165) is 0 Å². The molecule has 0 aliphatic rings. The molecule has 0 atom stereocenters. The van der Waals surface area contributed by atoms with E-state index in [-0.39, 0.29) is 16.9 Å². The predicted octanol–water partition coefficient (Wildman–Crippen LogP) is 0.889. The van der Waals surface area contributed by atoms with Gasteiger partial charge in [0.15, 0.2) is 11.5 Å². The number of H-pyrrole nitrogens is 1. The summed E-state index contributed by atoms with van der Waals surface area (Å²) in [5, 5.41) is 15.3. The summed E-state index contributed by atoms with van der Waals surface area (Å²) in [6, 6.07) is 10.3. The molecule has 0 saturated heterocycles. The second kappa shape index (κ2) is 4.78. The Kier molecular flexibility index (Phi) is 2.82. The van der Waals surface area contributed by atoms with Crippen molar-refractivity contribution in [1.29, 1.82) is 5.26 Å². The van der Waals surface area contributed by atoms with Crippen molar-refractivity contribution in [2.75, 3.05) is 0 Å². The van der Waals surface area contributed by atoms with Gasteiger partial charge in [-0.1, -0.05) is 6.07 Å². The van der Waals surface area contributed by atoms with E-state index in [1.165, 1.54) is 16.9 Å². The lowest BCUT2D eigenvalue weighted by atomic mass is 10.2. The second-order valence-electron chi connectivity index (χ2n) is 3.93. The van der Waals surface area contributed by atoms with Crippen molar-refractivity contribution in [3.63, 3.8) is 0 Å². The third-order valence-corrected chi connectivity index (χ3v) is 2.70. The molecule has 1 N–H and O–H groups in total. The second-order valence-corrected chi connectivity index (χ2v) is 3.93. The summed E-state index contributed by atoms with van der Waals surface area (Å²) < 4.78 is 1.24. The van der Waals surface area contributed by atoms with Gasteiger partial charge in [-0.3, -0.25) is 4.79 Å². The highest BCUT2D eigenvalue weighted by Crippen LogP contribution is 2.11. The number of nitrogens with one attached hydrogen (secondary N) is 1. The first-order valence-electron chi connectivity index (χ1n) is 5.75. The molecule has 0 fully saturated rings. The molecule has 20 heavy (non-hydrogen) atoms. The van der Waals surface area contributed by atoms with Crippen LogP contribution in [0.5, 0.6) is 0 Å². The Balaban J connectivity index is 2.07. The minimum absolute atomic E-state index is 0.229. The van der Waals surface area contributed by atoms with Gasteiger partial charge in [0.2, 0.25) is 0 Å². The number of rotatable bonds is 2. The standard InChI is InChI=1S/C13H8N6O/c14-7-10-5-4-9(8-16-10)12-13(20)19(18-17-12)11-3-1-2-6-15-11/h1-6,8,18H. The van der Waals surface area contributed by atoms with Crippen molar-refractivity contribution in [1.82, 2.24) is 25.0 Å². The molecule has 0 radical (unpaired) electrons. The molecular weight excluding hydrogens is 256 g/mol. The van der Waals surface area contributed by atoms with Crippen LogP contribution in [0.2, 0.25) is 0 Å². The van der Waals surface area contributed by atoms with Gasteiger partial charge in [0, 0.05) is 18.0 Å². The lowest BCUT2D eigenvalue weighted by Gasteiger charge is -1.96. The van der Waals surface area contributed by atoms with E-state index in [2.05, 4.69) is 20.3 Å². The first-order chi connectivity index (χ1) is 9.79. The molecule has 0 aliphatic carbocycles. The first-order valence-corrected chi connectivity index (χ1v) is 5.75. The highest BCUT2D eigenvalue weighted by atomic mass is 16.1. The van der Waals surface area contributed by atoms with E-state index in [4.69, 9.17) is 5.26 Å². The fourth-order valence-corrected chi connectivity index (χ4v) is 1.73. The maximum atomic E-state index is 12.3. The summed E-state index contributed by atoms with van der Waals surface area (Å²) in [7, 11) is 0. The van der Waals surface area contributed by atoms with Crippen LogP contribution in [0, 0.1) is 11.3 Å². The van der Waals surface area contributed by atoms with E-state index in [9.17, 15) is 4.79 Å². The molecule has 3 aromatic rings. The number of pyridine rings is 2. The molecule has 0 bridgehead atoms. The Hall–Kier alpha value is -3.27. The van der Waals surface area contributed by atoms with Crippen molar-refractivity contribution >= 4 is 0 Å². The van der Waals surface area contributed by atoms with Crippen molar-refractivity contribution in [2.45, 2.75) is 0 Å². The third-order valence-electron chi connectivity index (χ3n) is 2.70. The molecular formula is C13H8N6O. The largest absolute Gasteiger partial charge is 0.300 e. The maximum absolute atomic E-state index is 12.3. The predicted molar refractivity (Wildman–Crippen MR) is 69.9 cm³/mol. The van der Waals surface area contributed by atoms with Crippen molar-refractivity contribution in [2.24, 2.45) is 0 Å². The van der Waals surface area contributed by atoms with Gasteiger partial charge in [-0.05, 0) is 24.3 Å². The van der Waals surface area contributed by atoms with E-state index in [1.807, 2.05) is 6.07 Å². The van der Waals surface area contributed by atoms with Gasteiger partial charge < -0.3 is 0 Å². The molecule has 0 amide bonds. The lowest BCUT2D eigenvalue weighted by Crippen LogP contribution is -2.16.